The number of hydrogen-bond acceptors (Lipinski definition) is 3. The first-order valence-electron chi connectivity index (χ1n) is 7.05. The highest BCUT2D eigenvalue weighted by Crippen LogP contribution is 2.04. The van der Waals surface area contributed by atoms with Crippen LogP contribution in [0.15, 0.2) is 4.99 Å². The van der Waals surface area contributed by atoms with E-state index in [1.165, 1.54) is 0 Å². The van der Waals surface area contributed by atoms with Crippen LogP contribution in [0.2, 0.25) is 0 Å². The van der Waals surface area contributed by atoms with Gasteiger partial charge in [-0.25, -0.2) is 4.79 Å². The molecular formula is C13H26N4O3. The quantitative estimate of drug-likeness (QED) is 0.251. The minimum atomic E-state index is -1.03. The van der Waals surface area contributed by atoms with Gasteiger partial charge in [0.15, 0.2) is 5.96 Å². The first kappa shape index (κ1) is 18.2. The summed E-state index contributed by atoms with van der Waals surface area (Å²) in [6, 6.07) is -0.872. The number of guanidine groups is 1. The Hall–Kier alpha value is -1.79. The number of nitrogens with zero attached hydrogens (tertiary/aromatic N) is 1. The van der Waals surface area contributed by atoms with Crippen molar-refractivity contribution < 1.29 is 14.7 Å². The maximum absolute atomic E-state index is 11.6. The number of carbonyl (C=O) groups is 2. The van der Waals surface area contributed by atoms with Gasteiger partial charge in [0.25, 0.3) is 0 Å². The minimum Gasteiger partial charge on any atom is -0.480 e. The molecule has 6 N–H and O–H groups in total. The Labute approximate surface area is 119 Å². The second kappa shape index (κ2) is 11.1. The van der Waals surface area contributed by atoms with Gasteiger partial charge in [0.2, 0.25) is 5.91 Å². The molecule has 0 aliphatic heterocycles. The van der Waals surface area contributed by atoms with Crippen molar-refractivity contribution in [2.24, 2.45) is 16.5 Å². The molecule has 0 bridgehead atoms. The van der Waals surface area contributed by atoms with Gasteiger partial charge in [-0.1, -0.05) is 26.2 Å². The van der Waals surface area contributed by atoms with Gasteiger partial charge in [-0.2, -0.15) is 0 Å². The molecule has 0 saturated carbocycles. The Bertz CT molecular complexity index is 328. The Morgan fingerprint density at radius 2 is 1.90 bits per heavy atom. The van der Waals surface area contributed by atoms with Gasteiger partial charge < -0.3 is 21.9 Å². The van der Waals surface area contributed by atoms with Gasteiger partial charge in [-0.15, -0.1) is 0 Å². The second-order valence-electron chi connectivity index (χ2n) is 4.72. The lowest BCUT2D eigenvalue weighted by molar-refractivity contribution is -0.142. The molecule has 116 valence electrons. The van der Waals surface area contributed by atoms with Crippen LogP contribution in [-0.4, -0.2) is 35.5 Å². The second-order valence-corrected chi connectivity index (χ2v) is 4.72. The molecule has 20 heavy (non-hydrogen) atoms. The highest BCUT2D eigenvalue weighted by atomic mass is 16.4. The van der Waals surface area contributed by atoms with E-state index >= 15 is 0 Å². The van der Waals surface area contributed by atoms with Crippen LogP contribution in [0.1, 0.15) is 51.9 Å². The SMILES string of the molecule is CCCCCCC(=O)NC(CCCN=C(N)N)C(=O)O. The first-order valence-corrected chi connectivity index (χ1v) is 7.05. The number of amides is 1. The number of carboxylic acid groups (broad SMARTS) is 1. The zero-order valence-electron chi connectivity index (χ0n) is 12.1. The van der Waals surface area contributed by atoms with Crippen molar-refractivity contribution in [3.8, 4) is 0 Å². The van der Waals surface area contributed by atoms with Crippen LogP contribution in [0.5, 0.6) is 0 Å². The van der Waals surface area contributed by atoms with E-state index in [9.17, 15) is 9.59 Å². The molecule has 0 heterocycles. The lowest BCUT2D eigenvalue weighted by Gasteiger charge is -2.13. The predicted molar refractivity (Wildman–Crippen MR) is 78.2 cm³/mol. The highest BCUT2D eigenvalue weighted by molar-refractivity contribution is 5.83. The molecule has 1 unspecified atom stereocenters. The number of hydrogen-bond donors (Lipinski definition) is 4. The standard InChI is InChI=1S/C13H26N4O3/c1-2-3-4-5-8-11(18)17-10(12(19)20)7-6-9-16-13(14)15/h10H,2-9H2,1H3,(H,17,18)(H,19,20)(H4,14,15,16). The molecule has 7 nitrogen and oxygen atoms in total. The maximum Gasteiger partial charge on any atom is 0.326 e. The van der Waals surface area contributed by atoms with E-state index in [1.54, 1.807) is 0 Å². The van der Waals surface area contributed by atoms with Crippen LogP contribution in [0, 0.1) is 0 Å². The largest absolute Gasteiger partial charge is 0.480 e. The molecule has 0 rings (SSSR count). The highest BCUT2D eigenvalue weighted by Gasteiger charge is 2.18. The molecule has 0 spiro atoms. The topological polar surface area (TPSA) is 131 Å². The lowest BCUT2D eigenvalue weighted by atomic mass is 10.1. The summed E-state index contributed by atoms with van der Waals surface area (Å²) in [5.74, 6) is -1.26. The van der Waals surface area contributed by atoms with E-state index in [2.05, 4.69) is 17.2 Å². The summed E-state index contributed by atoms with van der Waals surface area (Å²) < 4.78 is 0. The van der Waals surface area contributed by atoms with Gasteiger partial charge in [0.05, 0.1) is 0 Å². The first-order chi connectivity index (χ1) is 9.47. The summed E-state index contributed by atoms with van der Waals surface area (Å²) in [4.78, 5) is 26.4. The molecule has 0 aliphatic carbocycles. The summed E-state index contributed by atoms with van der Waals surface area (Å²) in [6.07, 6.45) is 5.17. The van der Waals surface area contributed by atoms with Crippen molar-refractivity contribution in [1.29, 1.82) is 0 Å². The number of rotatable bonds is 11. The normalized spacial score (nSPS) is 11.7. The van der Waals surface area contributed by atoms with Crippen molar-refractivity contribution in [3.63, 3.8) is 0 Å². The van der Waals surface area contributed by atoms with Crippen molar-refractivity contribution in [3.05, 3.63) is 0 Å². The van der Waals surface area contributed by atoms with Crippen LogP contribution >= 0.6 is 0 Å². The van der Waals surface area contributed by atoms with Crippen molar-refractivity contribution in [2.75, 3.05) is 6.54 Å². The average molecular weight is 286 g/mol. The number of unbranched alkanes of at least 4 members (excludes halogenated alkanes) is 3. The molecule has 0 aromatic rings. The third-order valence-electron chi connectivity index (χ3n) is 2.84. The van der Waals surface area contributed by atoms with Gasteiger partial charge in [0, 0.05) is 13.0 Å². The summed E-state index contributed by atoms with van der Waals surface area (Å²) in [7, 11) is 0. The van der Waals surface area contributed by atoms with Crippen LogP contribution in [0.4, 0.5) is 0 Å². The Morgan fingerprint density at radius 3 is 2.45 bits per heavy atom. The summed E-state index contributed by atoms with van der Waals surface area (Å²) >= 11 is 0. The number of carbonyl (C=O) groups excluding carboxylic acids is 1. The molecule has 0 aromatic heterocycles. The zero-order valence-corrected chi connectivity index (χ0v) is 12.1. The molecule has 0 saturated heterocycles. The predicted octanol–water partition coefficient (Wildman–Crippen LogP) is 0.580. The Balaban J connectivity index is 3.97. The van der Waals surface area contributed by atoms with Crippen LogP contribution in [0.3, 0.4) is 0 Å². The molecule has 1 atom stereocenters. The van der Waals surface area contributed by atoms with E-state index < -0.39 is 12.0 Å². The fourth-order valence-electron chi connectivity index (χ4n) is 1.74. The monoisotopic (exact) mass is 286 g/mol. The van der Waals surface area contributed by atoms with Crippen LogP contribution in [-0.2, 0) is 9.59 Å². The smallest absolute Gasteiger partial charge is 0.326 e. The van der Waals surface area contributed by atoms with Gasteiger partial charge in [0.1, 0.15) is 6.04 Å². The van der Waals surface area contributed by atoms with Crippen molar-refractivity contribution in [2.45, 2.75) is 57.9 Å². The zero-order chi connectivity index (χ0) is 15.4. The summed E-state index contributed by atoms with van der Waals surface area (Å²) in [5.41, 5.74) is 10.3. The maximum atomic E-state index is 11.6. The van der Waals surface area contributed by atoms with Crippen LogP contribution < -0.4 is 16.8 Å². The van der Waals surface area contributed by atoms with Gasteiger partial charge in [-0.3, -0.25) is 9.79 Å². The van der Waals surface area contributed by atoms with Gasteiger partial charge >= 0.3 is 5.97 Å². The number of nitrogens with two attached hydrogens (primary N) is 2. The van der Waals surface area contributed by atoms with E-state index in [4.69, 9.17) is 16.6 Å². The Kier molecular flexibility index (Phi) is 10.1. The molecule has 0 aliphatic rings. The minimum absolute atomic E-state index is 0.0168. The summed E-state index contributed by atoms with van der Waals surface area (Å²) in [6.45, 7) is 2.45. The van der Waals surface area contributed by atoms with Crippen molar-refractivity contribution >= 4 is 17.8 Å². The fourth-order valence-corrected chi connectivity index (χ4v) is 1.74. The number of carboxylic acids is 1. The third kappa shape index (κ3) is 10.2. The van der Waals surface area contributed by atoms with Crippen molar-refractivity contribution in [1.82, 2.24) is 5.32 Å². The molecular weight excluding hydrogens is 260 g/mol. The lowest BCUT2D eigenvalue weighted by Crippen LogP contribution is -2.40. The van der Waals surface area contributed by atoms with E-state index in [0.717, 1.165) is 25.7 Å². The molecule has 7 heteroatoms. The molecule has 0 aromatic carbocycles. The van der Waals surface area contributed by atoms with E-state index in [0.29, 0.717) is 25.8 Å². The summed E-state index contributed by atoms with van der Waals surface area (Å²) in [5, 5.41) is 11.6. The number of nitrogens with one attached hydrogen (secondary N) is 1. The average Bonchev–Trinajstić information content (AvgIpc) is 2.37. The fraction of sp³-hybridized carbons (Fsp3) is 0.769. The van der Waals surface area contributed by atoms with E-state index in [-0.39, 0.29) is 11.9 Å². The third-order valence-corrected chi connectivity index (χ3v) is 2.84. The molecule has 1 amide bonds. The Morgan fingerprint density at radius 1 is 1.20 bits per heavy atom. The van der Waals surface area contributed by atoms with Gasteiger partial charge in [-0.05, 0) is 19.3 Å². The molecule has 0 radical (unpaired) electrons. The van der Waals surface area contributed by atoms with E-state index in [1.807, 2.05) is 0 Å². The molecule has 0 fully saturated rings. The number of aliphatic imine (C=N–C) groups is 1. The number of aliphatic carboxylic acids is 1. The van der Waals surface area contributed by atoms with Crippen LogP contribution in [0.25, 0.3) is 0 Å².